The average molecular weight is 494 g/mol. The second-order valence-electron chi connectivity index (χ2n) is 6.90. The van der Waals surface area contributed by atoms with Gasteiger partial charge in [-0.15, -0.1) is 0 Å². The maximum Gasteiger partial charge on any atom is 0.433 e. The van der Waals surface area contributed by atoms with Crippen LogP contribution in [0.2, 0.25) is 0 Å². The normalized spacial score (nSPS) is 11.1. The van der Waals surface area contributed by atoms with Gasteiger partial charge in [-0.2, -0.15) is 13.2 Å². The highest BCUT2D eigenvalue weighted by Gasteiger charge is 2.34. The number of thioether (sulfide) groups is 1. The number of methoxy groups -OCH3 is 3. The average Bonchev–Trinajstić information content (AvgIpc) is 2.85. The lowest BCUT2D eigenvalue weighted by Crippen LogP contribution is -2.24. The number of hydrogen-bond donors (Lipinski definition) is 1. The van der Waals surface area contributed by atoms with Crippen LogP contribution in [-0.2, 0) is 17.5 Å². The largest absolute Gasteiger partial charge is 0.497 e. The molecule has 0 fully saturated rings. The third-order valence-electron chi connectivity index (χ3n) is 4.65. The number of benzene rings is 2. The van der Waals surface area contributed by atoms with Crippen LogP contribution in [0, 0.1) is 0 Å². The van der Waals surface area contributed by atoms with E-state index in [0.717, 1.165) is 23.4 Å². The molecule has 3 aromatic rings. The topological polar surface area (TPSA) is 82.6 Å². The van der Waals surface area contributed by atoms with E-state index < -0.39 is 11.9 Å². The molecular formula is C23H22F3N3O4S. The van der Waals surface area contributed by atoms with Crippen LogP contribution in [0.25, 0.3) is 11.3 Å². The Labute approximate surface area is 198 Å². The predicted octanol–water partition coefficient (Wildman–Crippen LogP) is 4.60. The van der Waals surface area contributed by atoms with Gasteiger partial charge in [0.1, 0.15) is 11.4 Å². The number of ether oxygens (including phenoxy) is 3. The van der Waals surface area contributed by atoms with Crippen LogP contribution in [0.4, 0.5) is 13.2 Å². The SMILES string of the molecule is COc1ccc(-c2cc(C(F)(F)F)nc(SCC(=O)NCc3ccc(OC)c(OC)c3)n2)cc1. The minimum atomic E-state index is -4.66. The lowest BCUT2D eigenvalue weighted by molar-refractivity contribution is -0.141. The number of carbonyl (C=O) groups excluding carboxylic acids is 1. The fraction of sp³-hybridized carbons (Fsp3) is 0.261. The molecule has 0 spiro atoms. The Morgan fingerprint density at radius 2 is 1.65 bits per heavy atom. The van der Waals surface area contributed by atoms with Crippen molar-refractivity contribution < 1.29 is 32.2 Å². The molecule has 0 saturated heterocycles. The van der Waals surface area contributed by atoms with Gasteiger partial charge in [0.15, 0.2) is 16.7 Å². The molecule has 0 atom stereocenters. The molecule has 0 aliphatic carbocycles. The van der Waals surface area contributed by atoms with Gasteiger partial charge in [0, 0.05) is 12.1 Å². The fourth-order valence-electron chi connectivity index (χ4n) is 2.92. The van der Waals surface area contributed by atoms with Crippen LogP contribution in [0.15, 0.2) is 53.7 Å². The van der Waals surface area contributed by atoms with E-state index in [2.05, 4.69) is 15.3 Å². The van der Waals surface area contributed by atoms with Crippen LogP contribution in [0.1, 0.15) is 11.3 Å². The number of carbonyl (C=O) groups is 1. The molecule has 180 valence electrons. The maximum absolute atomic E-state index is 13.4. The minimum absolute atomic E-state index is 0.0956. The van der Waals surface area contributed by atoms with Crippen LogP contribution in [0.5, 0.6) is 17.2 Å². The fourth-order valence-corrected chi connectivity index (χ4v) is 3.60. The number of rotatable bonds is 9. The number of aromatic nitrogens is 2. The monoisotopic (exact) mass is 493 g/mol. The smallest absolute Gasteiger partial charge is 0.433 e. The first-order valence-electron chi connectivity index (χ1n) is 9.94. The standard InChI is InChI=1S/C23H22F3N3O4S/c1-31-16-7-5-15(6-8-16)17-11-20(23(24,25)26)29-22(28-17)34-13-21(30)27-12-14-4-9-18(32-2)19(10-14)33-3/h4-11H,12-13H2,1-3H3,(H,27,30). The Morgan fingerprint density at radius 1 is 0.941 bits per heavy atom. The molecule has 0 aliphatic rings. The van der Waals surface area contributed by atoms with E-state index >= 15 is 0 Å². The summed E-state index contributed by atoms with van der Waals surface area (Å²) in [5.74, 6) is 1.10. The van der Waals surface area contributed by atoms with Crippen molar-refractivity contribution in [2.24, 2.45) is 0 Å². The molecule has 3 rings (SSSR count). The number of amides is 1. The van der Waals surface area contributed by atoms with Crippen LogP contribution >= 0.6 is 11.8 Å². The van der Waals surface area contributed by atoms with E-state index in [1.807, 2.05) is 0 Å². The predicted molar refractivity (Wildman–Crippen MR) is 121 cm³/mol. The van der Waals surface area contributed by atoms with Gasteiger partial charge in [-0.05, 0) is 48.0 Å². The van der Waals surface area contributed by atoms with Gasteiger partial charge >= 0.3 is 6.18 Å². The number of nitrogens with zero attached hydrogens (tertiary/aromatic N) is 2. The Morgan fingerprint density at radius 3 is 2.26 bits per heavy atom. The summed E-state index contributed by atoms with van der Waals surface area (Å²) in [6.45, 7) is 0.209. The summed E-state index contributed by atoms with van der Waals surface area (Å²) in [5, 5.41) is 2.56. The summed E-state index contributed by atoms with van der Waals surface area (Å²) in [6, 6.07) is 12.5. The second kappa shape index (κ2) is 11.1. The van der Waals surface area contributed by atoms with Crippen molar-refractivity contribution in [2.45, 2.75) is 17.9 Å². The highest BCUT2D eigenvalue weighted by Crippen LogP contribution is 2.32. The highest BCUT2D eigenvalue weighted by atomic mass is 32.2. The third kappa shape index (κ3) is 6.53. The quantitative estimate of drug-likeness (QED) is 0.345. The van der Waals surface area contributed by atoms with Crippen molar-refractivity contribution in [3.05, 3.63) is 59.8 Å². The molecule has 1 aromatic heterocycles. The first kappa shape index (κ1) is 25.2. The van der Waals surface area contributed by atoms with Crippen molar-refractivity contribution in [1.29, 1.82) is 0 Å². The Hall–Kier alpha value is -3.47. The molecule has 1 N–H and O–H groups in total. The summed E-state index contributed by atoms with van der Waals surface area (Å²) in [5.41, 5.74) is 0.251. The molecule has 0 unspecified atom stereocenters. The third-order valence-corrected chi connectivity index (χ3v) is 5.50. The molecule has 7 nitrogen and oxygen atoms in total. The van der Waals surface area contributed by atoms with Crippen LogP contribution < -0.4 is 19.5 Å². The van der Waals surface area contributed by atoms with Gasteiger partial charge in [0.05, 0.1) is 32.8 Å². The van der Waals surface area contributed by atoms with E-state index in [9.17, 15) is 18.0 Å². The molecule has 1 heterocycles. The van der Waals surface area contributed by atoms with E-state index in [1.54, 1.807) is 42.5 Å². The summed E-state index contributed by atoms with van der Waals surface area (Å²) in [4.78, 5) is 20.1. The van der Waals surface area contributed by atoms with Crippen LogP contribution in [-0.4, -0.2) is 43.0 Å². The molecule has 34 heavy (non-hydrogen) atoms. The van der Waals surface area contributed by atoms with Crippen molar-refractivity contribution in [2.75, 3.05) is 27.1 Å². The maximum atomic E-state index is 13.4. The van der Waals surface area contributed by atoms with Gasteiger partial charge in [-0.3, -0.25) is 4.79 Å². The molecule has 11 heteroatoms. The zero-order chi connectivity index (χ0) is 24.7. The van der Waals surface area contributed by atoms with Gasteiger partial charge < -0.3 is 19.5 Å². The van der Waals surface area contributed by atoms with Crippen LogP contribution in [0.3, 0.4) is 0 Å². The molecule has 2 aromatic carbocycles. The van der Waals surface area contributed by atoms with Gasteiger partial charge in [-0.1, -0.05) is 17.8 Å². The van der Waals surface area contributed by atoms with Crippen molar-refractivity contribution in [3.8, 4) is 28.5 Å². The van der Waals surface area contributed by atoms with Gasteiger partial charge in [0.2, 0.25) is 5.91 Å². The number of hydrogen-bond acceptors (Lipinski definition) is 7. The highest BCUT2D eigenvalue weighted by molar-refractivity contribution is 7.99. The zero-order valence-corrected chi connectivity index (χ0v) is 19.4. The van der Waals surface area contributed by atoms with Crippen molar-refractivity contribution >= 4 is 17.7 Å². The summed E-state index contributed by atoms with van der Waals surface area (Å²) < 4.78 is 55.6. The van der Waals surface area contributed by atoms with E-state index in [4.69, 9.17) is 14.2 Å². The zero-order valence-electron chi connectivity index (χ0n) is 18.6. The molecule has 0 radical (unpaired) electrons. The Bertz CT molecular complexity index is 1140. The van der Waals surface area contributed by atoms with E-state index in [-0.39, 0.29) is 29.1 Å². The van der Waals surface area contributed by atoms with Gasteiger partial charge in [0.25, 0.3) is 0 Å². The molecule has 1 amide bonds. The van der Waals surface area contributed by atoms with Gasteiger partial charge in [-0.25, -0.2) is 9.97 Å². The molecule has 0 bridgehead atoms. The van der Waals surface area contributed by atoms with Crippen molar-refractivity contribution in [3.63, 3.8) is 0 Å². The second-order valence-corrected chi connectivity index (χ2v) is 7.84. The minimum Gasteiger partial charge on any atom is -0.497 e. The Kier molecular flexibility index (Phi) is 8.21. The first-order chi connectivity index (χ1) is 16.2. The number of alkyl halides is 3. The summed E-state index contributed by atoms with van der Waals surface area (Å²) in [6.07, 6.45) is -4.66. The lowest BCUT2D eigenvalue weighted by atomic mass is 10.1. The summed E-state index contributed by atoms with van der Waals surface area (Å²) in [7, 11) is 4.52. The lowest BCUT2D eigenvalue weighted by Gasteiger charge is -2.11. The first-order valence-corrected chi connectivity index (χ1v) is 10.9. The van der Waals surface area contributed by atoms with Crippen molar-refractivity contribution in [1.82, 2.24) is 15.3 Å². The van der Waals surface area contributed by atoms with E-state index in [0.29, 0.717) is 22.8 Å². The van der Waals surface area contributed by atoms with E-state index in [1.165, 1.54) is 21.3 Å². The summed E-state index contributed by atoms with van der Waals surface area (Å²) >= 11 is 0.821. The molecule has 0 aliphatic heterocycles. The number of nitrogens with one attached hydrogen (secondary N) is 1. The number of halogens is 3. The molecule has 0 saturated carbocycles. The Balaban J connectivity index is 1.70. The molecular weight excluding hydrogens is 471 g/mol.